The number of fused-ring (bicyclic) bond motifs is 1. The van der Waals surface area contributed by atoms with Crippen molar-refractivity contribution in [1.29, 1.82) is 0 Å². The third-order valence-electron chi connectivity index (χ3n) is 3.75. The Balaban J connectivity index is 1.99. The van der Waals surface area contributed by atoms with Crippen molar-refractivity contribution in [3.05, 3.63) is 0 Å². The van der Waals surface area contributed by atoms with E-state index < -0.39 is 0 Å². The fourth-order valence-electron chi connectivity index (χ4n) is 3.05. The van der Waals surface area contributed by atoms with E-state index in [0.717, 1.165) is 12.0 Å². The van der Waals surface area contributed by atoms with Gasteiger partial charge in [0.25, 0.3) is 0 Å². The smallest absolute Gasteiger partial charge is 0.0123 e. The zero-order valence-electron chi connectivity index (χ0n) is 8.26. The lowest BCUT2D eigenvalue weighted by Gasteiger charge is -2.44. The maximum atomic E-state index is 2.75. The van der Waals surface area contributed by atoms with Crippen molar-refractivity contribution in [3.8, 4) is 0 Å². The zero-order chi connectivity index (χ0) is 8.39. The highest BCUT2D eigenvalue weighted by molar-refractivity contribution is 4.86. The molecule has 0 aromatic heterocycles. The van der Waals surface area contributed by atoms with Crippen molar-refractivity contribution in [2.24, 2.45) is 5.92 Å². The summed E-state index contributed by atoms with van der Waals surface area (Å²) < 4.78 is 0. The van der Waals surface area contributed by atoms with Gasteiger partial charge in [-0.25, -0.2) is 0 Å². The van der Waals surface area contributed by atoms with Crippen LogP contribution in [0.1, 0.15) is 45.4 Å². The fraction of sp³-hybridized carbons (Fsp3) is 1.00. The molecular weight excluding hydrogens is 146 g/mol. The van der Waals surface area contributed by atoms with Crippen LogP contribution in [0.3, 0.4) is 0 Å². The van der Waals surface area contributed by atoms with E-state index >= 15 is 0 Å². The van der Waals surface area contributed by atoms with E-state index in [0.29, 0.717) is 0 Å². The van der Waals surface area contributed by atoms with Crippen LogP contribution in [0.4, 0.5) is 0 Å². The quantitative estimate of drug-likeness (QED) is 0.580. The van der Waals surface area contributed by atoms with E-state index in [1.54, 1.807) is 0 Å². The molecule has 2 heterocycles. The van der Waals surface area contributed by atoms with Crippen LogP contribution in [-0.2, 0) is 0 Å². The number of hydrogen-bond acceptors (Lipinski definition) is 1. The lowest BCUT2D eigenvalue weighted by molar-refractivity contribution is 0.0580. The summed E-state index contributed by atoms with van der Waals surface area (Å²) in [6.07, 6.45) is 8.77. The van der Waals surface area contributed by atoms with Gasteiger partial charge in [-0.05, 0) is 44.7 Å². The van der Waals surface area contributed by atoms with Crippen LogP contribution in [0.15, 0.2) is 0 Å². The van der Waals surface area contributed by atoms with Crippen molar-refractivity contribution in [2.45, 2.75) is 51.5 Å². The normalized spacial score (nSPS) is 37.8. The summed E-state index contributed by atoms with van der Waals surface area (Å²) in [5.74, 6) is 1.03. The largest absolute Gasteiger partial charge is 0.300 e. The van der Waals surface area contributed by atoms with Crippen LogP contribution < -0.4 is 0 Å². The molecule has 0 unspecified atom stereocenters. The van der Waals surface area contributed by atoms with Gasteiger partial charge in [0, 0.05) is 6.04 Å². The number of hydrogen-bond donors (Lipinski definition) is 0. The highest BCUT2D eigenvalue weighted by Crippen LogP contribution is 2.32. The van der Waals surface area contributed by atoms with Crippen LogP contribution in [0.2, 0.25) is 0 Å². The molecule has 0 amide bonds. The topological polar surface area (TPSA) is 3.24 Å². The predicted octanol–water partition coefficient (Wildman–Crippen LogP) is 2.66. The molecule has 12 heavy (non-hydrogen) atoms. The Morgan fingerprint density at radius 2 is 1.92 bits per heavy atom. The van der Waals surface area contributed by atoms with Gasteiger partial charge in [0.1, 0.15) is 0 Å². The molecule has 0 aliphatic carbocycles. The third kappa shape index (κ3) is 1.52. The molecular formula is C11H21N. The van der Waals surface area contributed by atoms with Gasteiger partial charge in [0.15, 0.2) is 0 Å². The first-order valence-electron chi connectivity index (χ1n) is 5.66. The summed E-state index contributed by atoms with van der Waals surface area (Å²) in [6.45, 7) is 5.14. The molecule has 2 atom stereocenters. The van der Waals surface area contributed by atoms with Crippen molar-refractivity contribution in [3.63, 3.8) is 0 Å². The summed E-state index contributed by atoms with van der Waals surface area (Å²) in [5.41, 5.74) is 0. The van der Waals surface area contributed by atoms with Crippen LogP contribution in [-0.4, -0.2) is 24.0 Å². The summed E-state index contributed by atoms with van der Waals surface area (Å²) in [6, 6.07) is 0.970. The SMILES string of the molecule is CC[C@@H]1CCCN2CCCC[C@@H]12. The average molecular weight is 167 g/mol. The molecule has 0 aromatic rings. The maximum Gasteiger partial charge on any atom is 0.0123 e. The summed E-state index contributed by atoms with van der Waals surface area (Å²) in [7, 11) is 0. The molecule has 1 heteroatoms. The van der Waals surface area contributed by atoms with Crippen LogP contribution in [0.25, 0.3) is 0 Å². The molecule has 70 valence electrons. The Labute approximate surface area is 76.1 Å². The second-order valence-corrected chi connectivity index (χ2v) is 4.41. The summed E-state index contributed by atoms with van der Waals surface area (Å²) >= 11 is 0. The Hall–Kier alpha value is -0.0400. The van der Waals surface area contributed by atoms with E-state index in [4.69, 9.17) is 0 Å². The maximum absolute atomic E-state index is 2.75. The van der Waals surface area contributed by atoms with Crippen LogP contribution in [0, 0.1) is 5.92 Å². The van der Waals surface area contributed by atoms with Crippen LogP contribution >= 0.6 is 0 Å². The molecule has 0 N–H and O–H groups in total. The second kappa shape index (κ2) is 3.78. The average Bonchev–Trinajstić information content (AvgIpc) is 2.17. The van der Waals surface area contributed by atoms with Gasteiger partial charge in [0.2, 0.25) is 0 Å². The van der Waals surface area contributed by atoms with Crippen molar-refractivity contribution in [2.75, 3.05) is 13.1 Å². The Morgan fingerprint density at radius 3 is 2.75 bits per heavy atom. The minimum atomic E-state index is 0.970. The van der Waals surface area contributed by atoms with Gasteiger partial charge in [-0.3, -0.25) is 0 Å². The molecule has 0 bridgehead atoms. The molecule has 0 saturated carbocycles. The lowest BCUT2D eigenvalue weighted by Crippen LogP contribution is -2.47. The molecule has 2 aliphatic rings. The van der Waals surface area contributed by atoms with E-state index in [9.17, 15) is 0 Å². The first-order valence-corrected chi connectivity index (χ1v) is 5.66. The first kappa shape index (κ1) is 8.55. The number of piperidine rings is 2. The van der Waals surface area contributed by atoms with E-state index in [2.05, 4.69) is 11.8 Å². The lowest BCUT2D eigenvalue weighted by atomic mass is 9.82. The Kier molecular flexibility index (Phi) is 2.69. The van der Waals surface area contributed by atoms with E-state index in [1.165, 1.54) is 51.6 Å². The van der Waals surface area contributed by atoms with E-state index in [1.807, 2.05) is 0 Å². The zero-order valence-corrected chi connectivity index (χ0v) is 8.26. The highest BCUT2D eigenvalue weighted by Gasteiger charge is 2.31. The molecule has 0 radical (unpaired) electrons. The number of rotatable bonds is 1. The molecule has 2 saturated heterocycles. The van der Waals surface area contributed by atoms with Crippen molar-refractivity contribution >= 4 is 0 Å². The minimum Gasteiger partial charge on any atom is -0.300 e. The van der Waals surface area contributed by atoms with Gasteiger partial charge in [-0.15, -0.1) is 0 Å². The van der Waals surface area contributed by atoms with Gasteiger partial charge >= 0.3 is 0 Å². The third-order valence-corrected chi connectivity index (χ3v) is 3.75. The Bertz CT molecular complexity index is 135. The number of nitrogens with zero attached hydrogens (tertiary/aromatic N) is 1. The van der Waals surface area contributed by atoms with Gasteiger partial charge in [-0.1, -0.05) is 19.8 Å². The van der Waals surface area contributed by atoms with Gasteiger partial charge in [-0.2, -0.15) is 0 Å². The van der Waals surface area contributed by atoms with Crippen molar-refractivity contribution in [1.82, 2.24) is 4.90 Å². The standard InChI is InChI=1S/C11H21N/c1-2-10-6-5-9-12-8-4-3-7-11(10)12/h10-11H,2-9H2,1H3/t10-,11+/m1/s1. The Morgan fingerprint density at radius 1 is 1.08 bits per heavy atom. The fourth-order valence-corrected chi connectivity index (χ4v) is 3.05. The van der Waals surface area contributed by atoms with Gasteiger partial charge in [0.05, 0.1) is 0 Å². The molecule has 2 fully saturated rings. The molecule has 2 aliphatic heterocycles. The minimum absolute atomic E-state index is 0.970. The summed E-state index contributed by atoms with van der Waals surface area (Å²) in [5, 5.41) is 0. The van der Waals surface area contributed by atoms with Gasteiger partial charge < -0.3 is 4.90 Å². The summed E-state index contributed by atoms with van der Waals surface area (Å²) in [4.78, 5) is 2.75. The predicted molar refractivity (Wildman–Crippen MR) is 52.2 cm³/mol. The molecule has 2 rings (SSSR count). The molecule has 1 nitrogen and oxygen atoms in total. The van der Waals surface area contributed by atoms with Crippen LogP contribution in [0.5, 0.6) is 0 Å². The molecule has 0 spiro atoms. The first-order chi connectivity index (χ1) is 5.92. The second-order valence-electron chi connectivity index (χ2n) is 4.41. The van der Waals surface area contributed by atoms with E-state index in [-0.39, 0.29) is 0 Å². The van der Waals surface area contributed by atoms with Crippen molar-refractivity contribution < 1.29 is 0 Å². The molecule has 0 aromatic carbocycles. The monoisotopic (exact) mass is 167 g/mol. The highest BCUT2D eigenvalue weighted by atomic mass is 15.2.